The molecule has 2 atom stereocenters. The van der Waals surface area contributed by atoms with Crippen LogP contribution in [0.3, 0.4) is 0 Å². The molecule has 0 bridgehead atoms. The summed E-state index contributed by atoms with van der Waals surface area (Å²) >= 11 is 0. The lowest BCUT2D eigenvalue weighted by Gasteiger charge is -2.35. The second-order valence-corrected chi connectivity index (χ2v) is 8.48. The van der Waals surface area contributed by atoms with Gasteiger partial charge in [-0.1, -0.05) is 36.4 Å². The Kier molecular flexibility index (Phi) is 7.40. The van der Waals surface area contributed by atoms with Crippen LogP contribution in [-0.2, 0) is 16.8 Å². The lowest BCUT2D eigenvalue weighted by molar-refractivity contribution is 0.0169. The molecule has 1 heterocycles. The van der Waals surface area contributed by atoms with Gasteiger partial charge in [0.25, 0.3) is 0 Å². The molecule has 6 nitrogen and oxygen atoms in total. The molecule has 1 aliphatic heterocycles. The zero-order valence-electron chi connectivity index (χ0n) is 18.7. The minimum Gasteiger partial charge on any atom is -0.383 e. The van der Waals surface area contributed by atoms with Gasteiger partial charge in [-0.3, -0.25) is 4.90 Å². The van der Waals surface area contributed by atoms with Crippen molar-refractivity contribution in [2.75, 3.05) is 45.9 Å². The van der Waals surface area contributed by atoms with Crippen LogP contribution in [0.2, 0.25) is 0 Å². The van der Waals surface area contributed by atoms with Crippen LogP contribution in [0.1, 0.15) is 36.1 Å². The standard InChI is InChI=1S/C25H33FN4O2/c1-2-27-24(29-18-25(31)12-11-19-5-3-4-6-22(19)25)28-17-23(30-13-15-32-16-14-30)20-7-9-21(26)10-8-20/h3-10,23,31H,2,11-18H2,1H3,(H2,27,28,29). The second kappa shape index (κ2) is 10.4. The Morgan fingerprint density at radius 2 is 1.91 bits per heavy atom. The van der Waals surface area contributed by atoms with Crippen LogP contribution in [0, 0.1) is 5.82 Å². The highest BCUT2D eigenvalue weighted by Crippen LogP contribution is 2.36. The van der Waals surface area contributed by atoms with E-state index in [1.807, 2.05) is 37.3 Å². The molecule has 32 heavy (non-hydrogen) atoms. The molecule has 2 aromatic carbocycles. The third-order valence-electron chi connectivity index (χ3n) is 6.37. The van der Waals surface area contributed by atoms with Crippen molar-refractivity contribution in [3.05, 3.63) is 71.0 Å². The van der Waals surface area contributed by atoms with Crippen LogP contribution in [0.4, 0.5) is 4.39 Å². The fourth-order valence-corrected chi connectivity index (χ4v) is 4.61. The van der Waals surface area contributed by atoms with Crippen molar-refractivity contribution in [1.82, 2.24) is 15.5 Å². The number of nitrogens with zero attached hydrogens (tertiary/aromatic N) is 2. The van der Waals surface area contributed by atoms with E-state index in [0.29, 0.717) is 38.7 Å². The summed E-state index contributed by atoms with van der Waals surface area (Å²) in [4.78, 5) is 7.09. The Morgan fingerprint density at radius 3 is 2.66 bits per heavy atom. The Hall–Kier alpha value is -2.48. The SMILES string of the molecule is CCNC(=NCC1(O)CCc2ccccc21)NCC(c1ccc(F)cc1)N1CCOCC1. The molecule has 1 fully saturated rings. The van der Waals surface area contributed by atoms with Gasteiger partial charge >= 0.3 is 0 Å². The summed E-state index contributed by atoms with van der Waals surface area (Å²) in [6, 6.07) is 14.8. The number of guanidine groups is 1. The minimum absolute atomic E-state index is 0.0682. The zero-order chi connectivity index (χ0) is 22.4. The van der Waals surface area contributed by atoms with Crippen molar-refractivity contribution >= 4 is 5.96 Å². The smallest absolute Gasteiger partial charge is 0.191 e. The first kappa shape index (κ1) is 22.7. The third kappa shape index (κ3) is 5.28. The fraction of sp³-hybridized carbons (Fsp3) is 0.480. The number of benzene rings is 2. The maximum atomic E-state index is 13.5. The van der Waals surface area contributed by atoms with Gasteiger partial charge in [-0.05, 0) is 48.6 Å². The van der Waals surface area contributed by atoms with Crippen molar-refractivity contribution in [3.63, 3.8) is 0 Å². The molecule has 0 saturated carbocycles. The number of morpholine rings is 1. The summed E-state index contributed by atoms with van der Waals surface area (Å²) in [5.41, 5.74) is 2.31. The average Bonchev–Trinajstić information content (AvgIpc) is 3.16. The van der Waals surface area contributed by atoms with Crippen LogP contribution in [0.15, 0.2) is 53.5 Å². The number of hydrogen-bond acceptors (Lipinski definition) is 4. The van der Waals surface area contributed by atoms with Gasteiger partial charge in [-0.2, -0.15) is 0 Å². The van der Waals surface area contributed by atoms with Crippen LogP contribution in [0.25, 0.3) is 0 Å². The molecule has 4 rings (SSSR count). The molecule has 3 N–H and O–H groups in total. The number of rotatable bonds is 7. The molecule has 1 aliphatic carbocycles. The summed E-state index contributed by atoms with van der Waals surface area (Å²) in [6.07, 6.45) is 1.55. The summed E-state index contributed by atoms with van der Waals surface area (Å²) < 4.78 is 19.0. The van der Waals surface area contributed by atoms with Crippen LogP contribution < -0.4 is 10.6 Å². The van der Waals surface area contributed by atoms with E-state index < -0.39 is 5.60 Å². The molecular formula is C25H33FN4O2. The number of hydrogen-bond donors (Lipinski definition) is 3. The Balaban J connectivity index is 1.47. The number of aliphatic imine (C=N–C) groups is 1. The van der Waals surface area contributed by atoms with E-state index in [1.165, 1.54) is 17.7 Å². The summed E-state index contributed by atoms with van der Waals surface area (Å²) in [5.74, 6) is 0.438. The van der Waals surface area contributed by atoms with Crippen LogP contribution in [-0.4, -0.2) is 61.9 Å². The Morgan fingerprint density at radius 1 is 1.16 bits per heavy atom. The highest BCUT2D eigenvalue weighted by Gasteiger charge is 2.36. The topological polar surface area (TPSA) is 69.1 Å². The molecule has 172 valence electrons. The fourth-order valence-electron chi connectivity index (χ4n) is 4.61. The number of fused-ring (bicyclic) bond motifs is 1. The number of halogens is 1. The van der Waals surface area contributed by atoms with Gasteiger partial charge in [0, 0.05) is 26.2 Å². The van der Waals surface area contributed by atoms with Gasteiger partial charge in [0.1, 0.15) is 11.4 Å². The molecule has 0 spiro atoms. The number of aliphatic hydroxyl groups is 1. The quantitative estimate of drug-likeness (QED) is 0.456. The van der Waals surface area contributed by atoms with Crippen molar-refractivity contribution < 1.29 is 14.2 Å². The monoisotopic (exact) mass is 440 g/mol. The molecule has 2 aromatic rings. The molecular weight excluding hydrogens is 407 g/mol. The largest absolute Gasteiger partial charge is 0.383 e. The van der Waals surface area contributed by atoms with E-state index in [9.17, 15) is 9.50 Å². The molecule has 0 radical (unpaired) electrons. The second-order valence-electron chi connectivity index (χ2n) is 8.48. The van der Waals surface area contributed by atoms with Crippen molar-refractivity contribution in [2.45, 2.75) is 31.4 Å². The van der Waals surface area contributed by atoms with E-state index in [0.717, 1.165) is 37.2 Å². The summed E-state index contributed by atoms with van der Waals surface area (Å²) in [7, 11) is 0. The van der Waals surface area contributed by atoms with Crippen LogP contribution >= 0.6 is 0 Å². The lowest BCUT2D eigenvalue weighted by atomic mass is 9.96. The van der Waals surface area contributed by atoms with Crippen LogP contribution in [0.5, 0.6) is 0 Å². The predicted octanol–water partition coefficient (Wildman–Crippen LogP) is 2.59. The van der Waals surface area contributed by atoms with E-state index in [2.05, 4.69) is 21.6 Å². The van der Waals surface area contributed by atoms with Gasteiger partial charge in [-0.25, -0.2) is 9.38 Å². The third-order valence-corrected chi connectivity index (χ3v) is 6.37. The highest BCUT2D eigenvalue weighted by atomic mass is 19.1. The van der Waals surface area contributed by atoms with Gasteiger partial charge in [0.15, 0.2) is 5.96 Å². The lowest BCUT2D eigenvalue weighted by Crippen LogP contribution is -2.46. The first-order chi connectivity index (χ1) is 15.6. The maximum Gasteiger partial charge on any atom is 0.191 e. The Labute approximate surface area is 189 Å². The molecule has 0 amide bonds. The number of aryl methyl sites for hydroxylation is 1. The summed E-state index contributed by atoms with van der Waals surface area (Å²) in [5, 5.41) is 18.0. The van der Waals surface area contributed by atoms with E-state index in [-0.39, 0.29) is 11.9 Å². The zero-order valence-corrected chi connectivity index (χ0v) is 18.7. The van der Waals surface area contributed by atoms with Gasteiger partial charge in [-0.15, -0.1) is 0 Å². The number of nitrogens with one attached hydrogen (secondary N) is 2. The molecule has 1 saturated heterocycles. The molecule has 0 aromatic heterocycles. The van der Waals surface area contributed by atoms with E-state index >= 15 is 0 Å². The minimum atomic E-state index is -0.931. The first-order valence-corrected chi connectivity index (χ1v) is 11.5. The summed E-state index contributed by atoms with van der Waals surface area (Å²) in [6.45, 7) is 6.71. The molecule has 2 unspecified atom stereocenters. The number of ether oxygens (including phenoxy) is 1. The van der Waals surface area contributed by atoms with Crippen molar-refractivity contribution in [3.8, 4) is 0 Å². The highest BCUT2D eigenvalue weighted by molar-refractivity contribution is 5.79. The molecule has 2 aliphatic rings. The average molecular weight is 441 g/mol. The predicted molar refractivity (Wildman–Crippen MR) is 124 cm³/mol. The van der Waals surface area contributed by atoms with Gasteiger partial charge in [0.05, 0.1) is 25.8 Å². The van der Waals surface area contributed by atoms with Gasteiger partial charge in [0.2, 0.25) is 0 Å². The Bertz CT molecular complexity index is 914. The van der Waals surface area contributed by atoms with E-state index in [4.69, 9.17) is 9.73 Å². The van der Waals surface area contributed by atoms with E-state index in [1.54, 1.807) is 0 Å². The molecule has 7 heteroatoms. The van der Waals surface area contributed by atoms with Crippen molar-refractivity contribution in [1.29, 1.82) is 0 Å². The first-order valence-electron chi connectivity index (χ1n) is 11.5. The normalized spacial score (nSPS) is 22.4. The van der Waals surface area contributed by atoms with Gasteiger partial charge < -0.3 is 20.5 Å². The van der Waals surface area contributed by atoms with Crippen molar-refractivity contribution in [2.24, 2.45) is 4.99 Å². The maximum absolute atomic E-state index is 13.5.